The van der Waals surface area contributed by atoms with Gasteiger partial charge in [0.1, 0.15) is 11.8 Å². The maximum atomic E-state index is 13.2. The summed E-state index contributed by atoms with van der Waals surface area (Å²) in [5.41, 5.74) is 3.11. The summed E-state index contributed by atoms with van der Waals surface area (Å²) in [6.45, 7) is 3.96. The van der Waals surface area contributed by atoms with Crippen molar-refractivity contribution < 1.29 is 23.6 Å². The Morgan fingerprint density at radius 1 is 1.20 bits per heavy atom. The van der Waals surface area contributed by atoms with Crippen molar-refractivity contribution in [2.24, 2.45) is 11.0 Å². The second-order valence-corrected chi connectivity index (χ2v) is 8.11. The number of esters is 1. The molecule has 1 atom stereocenters. The molecule has 0 unspecified atom stereocenters. The number of quaternary nitrogens is 1. The van der Waals surface area contributed by atoms with Gasteiger partial charge < -0.3 is 14.1 Å². The number of likely N-dealkylation sites (tertiary alicyclic amines) is 1. The van der Waals surface area contributed by atoms with E-state index >= 15 is 0 Å². The number of piperidine rings is 1. The zero-order chi connectivity index (χ0) is 21.1. The fraction of sp³-hybridized carbons (Fsp3) is 0.435. The summed E-state index contributed by atoms with van der Waals surface area (Å²) in [4.78, 5) is 26.1. The van der Waals surface area contributed by atoms with E-state index in [4.69, 9.17) is 14.3 Å². The molecule has 0 radical (unpaired) electrons. The lowest BCUT2D eigenvalue weighted by molar-refractivity contribution is -0.898. The number of furan rings is 1. The molecule has 0 spiro atoms. The Kier molecular flexibility index (Phi) is 5.99. The zero-order valence-corrected chi connectivity index (χ0v) is 17.5. The topological polar surface area (TPSA) is 76.6 Å². The van der Waals surface area contributed by atoms with Crippen molar-refractivity contribution in [2.45, 2.75) is 32.2 Å². The molecule has 1 aromatic heterocycles. The van der Waals surface area contributed by atoms with E-state index in [1.54, 1.807) is 11.3 Å². The first-order valence-electron chi connectivity index (χ1n) is 10.5. The van der Waals surface area contributed by atoms with E-state index < -0.39 is 0 Å². The van der Waals surface area contributed by atoms with Crippen LogP contribution in [0.4, 0.5) is 0 Å². The maximum Gasteiger partial charge on any atom is 0.309 e. The van der Waals surface area contributed by atoms with Gasteiger partial charge in [0.15, 0.2) is 6.54 Å². The normalized spacial score (nSPS) is 23.9. The highest BCUT2D eigenvalue weighted by Gasteiger charge is 2.37. The lowest BCUT2D eigenvalue weighted by Crippen LogP contribution is -3.14. The monoisotopic (exact) mass is 410 g/mol. The molecule has 1 saturated heterocycles. The van der Waals surface area contributed by atoms with Crippen molar-refractivity contribution in [3.8, 4) is 0 Å². The standard InChI is InChI=1S/C23H27N3O4/c1-16-5-7-17(8-6-16)19-14-20(21-4-3-13-30-21)26(24-19)22(27)15-25-11-9-18(10-12-25)23(28)29-2/h3-8,13,18,20H,9-12,14-15H2,1-2H3/p+1/t20-/m0/s1. The molecule has 4 rings (SSSR count). The second-order valence-electron chi connectivity index (χ2n) is 8.11. The van der Waals surface area contributed by atoms with Gasteiger partial charge in [0.05, 0.1) is 38.1 Å². The molecule has 0 bridgehead atoms. The van der Waals surface area contributed by atoms with Crippen LogP contribution in [0.3, 0.4) is 0 Å². The predicted octanol–water partition coefficient (Wildman–Crippen LogP) is 1.73. The average molecular weight is 410 g/mol. The summed E-state index contributed by atoms with van der Waals surface area (Å²) in [6.07, 6.45) is 3.75. The van der Waals surface area contributed by atoms with Crippen LogP contribution in [0.5, 0.6) is 0 Å². The van der Waals surface area contributed by atoms with Crippen LogP contribution >= 0.6 is 0 Å². The third-order valence-electron chi connectivity index (χ3n) is 6.05. The highest BCUT2D eigenvalue weighted by atomic mass is 16.5. The largest absolute Gasteiger partial charge is 0.469 e. The molecule has 7 nitrogen and oxygen atoms in total. The van der Waals surface area contributed by atoms with Gasteiger partial charge in [-0.3, -0.25) is 9.59 Å². The van der Waals surface area contributed by atoms with Gasteiger partial charge in [-0.25, -0.2) is 5.01 Å². The van der Waals surface area contributed by atoms with Crippen LogP contribution in [0.15, 0.2) is 52.2 Å². The minimum atomic E-state index is -0.226. The molecule has 2 aromatic rings. The lowest BCUT2D eigenvalue weighted by Gasteiger charge is -2.29. The number of methoxy groups -OCH3 is 1. The van der Waals surface area contributed by atoms with Crippen molar-refractivity contribution in [3.05, 3.63) is 59.5 Å². The minimum absolute atomic E-state index is 0.0231. The SMILES string of the molecule is COC(=O)C1CC[NH+](CC(=O)N2N=C(c3ccc(C)cc3)C[C@H]2c2ccco2)CC1. The number of carbonyl (C=O) groups is 2. The number of amides is 1. The number of aryl methyl sites for hydroxylation is 1. The molecule has 1 aromatic carbocycles. The minimum Gasteiger partial charge on any atom is -0.469 e. The second kappa shape index (κ2) is 8.83. The Morgan fingerprint density at radius 3 is 2.57 bits per heavy atom. The van der Waals surface area contributed by atoms with E-state index in [0.717, 1.165) is 43.0 Å². The summed E-state index contributed by atoms with van der Waals surface area (Å²) >= 11 is 0. The number of rotatable bonds is 5. The first-order chi connectivity index (χ1) is 14.5. The molecule has 0 aliphatic carbocycles. The van der Waals surface area contributed by atoms with Crippen LogP contribution in [0.2, 0.25) is 0 Å². The molecule has 1 N–H and O–H groups in total. The van der Waals surface area contributed by atoms with E-state index in [1.807, 2.05) is 31.2 Å². The van der Waals surface area contributed by atoms with Gasteiger partial charge in [0.25, 0.3) is 5.91 Å². The van der Waals surface area contributed by atoms with Crippen molar-refractivity contribution in [2.75, 3.05) is 26.7 Å². The zero-order valence-electron chi connectivity index (χ0n) is 17.5. The third kappa shape index (κ3) is 4.31. The summed E-state index contributed by atoms with van der Waals surface area (Å²) in [7, 11) is 1.43. The summed E-state index contributed by atoms with van der Waals surface area (Å²) in [5.74, 6) is 0.520. The lowest BCUT2D eigenvalue weighted by atomic mass is 9.97. The predicted molar refractivity (Wildman–Crippen MR) is 111 cm³/mol. The first kappa shape index (κ1) is 20.3. The van der Waals surface area contributed by atoms with Gasteiger partial charge in [-0.1, -0.05) is 29.8 Å². The quantitative estimate of drug-likeness (QED) is 0.762. The van der Waals surface area contributed by atoms with Crippen LogP contribution in [0.1, 0.15) is 42.2 Å². The molecule has 1 amide bonds. The Morgan fingerprint density at radius 2 is 1.93 bits per heavy atom. The summed E-state index contributed by atoms with van der Waals surface area (Å²) in [6, 6.07) is 11.7. The number of hydrogen-bond acceptors (Lipinski definition) is 5. The summed E-state index contributed by atoms with van der Waals surface area (Å²) < 4.78 is 10.5. The molecule has 7 heteroatoms. The third-order valence-corrected chi connectivity index (χ3v) is 6.05. The Labute approximate surface area is 176 Å². The highest BCUT2D eigenvalue weighted by Crippen LogP contribution is 2.33. The fourth-order valence-electron chi connectivity index (χ4n) is 4.26. The molecule has 1 fully saturated rings. The number of hydrazone groups is 1. The van der Waals surface area contributed by atoms with Crippen LogP contribution in [0.25, 0.3) is 0 Å². The molecule has 158 valence electrons. The maximum absolute atomic E-state index is 13.2. The Bertz CT molecular complexity index is 912. The highest BCUT2D eigenvalue weighted by molar-refractivity contribution is 6.03. The van der Waals surface area contributed by atoms with Crippen LogP contribution < -0.4 is 4.90 Å². The molecule has 0 saturated carbocycles. The smallest absolute Gasteiger partial charge is 0.309 e. The number of ether oxygens (including phenoxy) is 1. The number of nitrogens with zero attached hydrogens (tertiary/aromatic N) is 2. The van der Waals surface area contributed by atoms with Gasteiger partial charge in [-0.2, -0.15) is 5.10 Å². The van der Waals surface area contributed by atoms with Crippen LogP contribution in [-0.2, 0) is 14.3 Å². The van der Waals surface area contributed by atoms with Gasteiger partial charge >= 0.3 is 5.97 Å². The van der Waals surface area contributed by atoms with Crippen LogP contribution in [-0.4, -0.2) is 49.3 Å². The van der Waals surface area contributed by atoms with Gasteiger partial charge in [-0.15, -0.1) is 0 Å². The fourth-order valence-corrected chi connectivity index (χ4v) is 4.26. The van der Waals surface area contributed by atoms with Crippen molar-refractivity contribution in [3.63, 3.8) is 0 Å². The van der Waals surface area contributed by atoms with E-state index in [1.165, 1.54) is 17.6 Å². The first-order valence-corrected chi connectivity index (χ1v) is 10.5. The Hall–Kier alpha value is -2.93. The van der Waals surface area contributed by atoms with Gasteiger partial charge in [0.2, 0.25) is 0 Å². The van der Waals surface area contributed by atoms with Crippen LogP contribution in [0, 0.1) is 12.8 Å². The van der Waals surface area contributed by atoms with Gasteiger partial charge in [0, 0.05) is 19.3 Å². The molecule has 30 heavy (non-hydrogen) atoms. The number of nitrogens with one attached hydrogen (secondary N) is 1. The molecular formula is C23H28N3O4+. The van der Waals surface area contributed by atoms with E-state index in [-0.39, 0.29) is 23.8 Å². The average Bonchev–Trinajstić information content (AvgIpc) is 3.44. The van der Waals surface area contributed by atoms with Gasteiger partial charge in [-0.05, 0) is 24.6 Å². The van der Waals surface area contributed by atoms with E-state index in [9.17, 15) is 9.59 Å². The number of benzene rings is 1. The van der Waals surface area contributed by atoms with Crippen molar-refractivity contribution >= 4 is 17.6 Å². The molecule has 2 aliphatic rings. The van der Waals surface area contributed by atoms with E-state index in [2.05, 4.69) is 12.1 Å². The van der Waals surface area contributed by atoms with Crippen molar-refractivity contribution in [1.82, 2.24) is 5.01 Å². The molecule has 3 heterocycles. The molecular weight excluding hydrogens is 382 g/mol. The summed E-state index contributed by atoms with van der Waals surface area (Å²) in [5, 5.41) is 6.29. The molecule has 2 aliphatic heterocycles. The number of carbonyl (C=O) groups excluding carboxylic acids is 2. The number of hydrogen-bond donors (Lipinski definition) is 1. The van der Waals surface area contributed by atoms with Crippen molar-refractivity contribution in [1.29, 1.82) is 0 Å². The Balaban J connectivity index is 1.47. The van der Waals surface area contributed by atoms with E-state index in [0.29, 0.717) is 13.0 Å².